The molecule has 3 unspecified atom stereocenters. The van der Waals surface area contributed by atoms with Crippen molar-refractivity contribution in [1.29, 1.82) is 0 Å². The summed E-state index contributed by atoms with van der Waals surface area (Å²) in [5, 5.41) is 23.9. The average Bonchev–Trinajstić information content (AvgIpc) is 3.34. The molecule has 0 aromatic rings. The van der Waals surface area contributed by atoms with Crippen molar-refractivity contribution in [3.05, 3.63) is 36.5 Å². The summed E-state index contributed by atoms with van der Waals surface area (Å²) in [6, 6.07) is -0.711. The first-order valence-electron chi connectivity index (χ1n) is 30.7. The largest absolute Gasteiger partial charge is 0.462 e. The molecular weight excluding hydrogens is 851 g/mol. The lowest BCUT2D eigenvalue weighted by atomic mass is 10.0. The van der Waals surface area contributed by atoms with E-state index in [1.165, 1.54) is 212 Å². The van der Waals surface area contributed by atoms with Crippen LogP contribution in [0.2, 0.25) is 0 Å². The van der Waals surface area contributed by atoms with Gasteiger partial charge in [0, 0.05) is 6.42 Å². The number of unbranched alkanes of at least 4 members (excludes halogenated alkanes) is 40. The number of carbonyl (C=O) groups is 2. The number of aliphatic hydroxyl groups excluding tert-OH is 2. The Labute approximate surface area is 430 Å². The van der Waals surface area contributed by atoms with E-state index in [4.69, 9.17) is 4.74 Å². The van der Waals surface area contributed by atoms with Crippen molar-refractivity contribution in [2.24, 2.45) is 0 Å². The first kappa shape index (κ1) is 67.1. The molecule has 0 saturated heterocycles. The van der Waals surface area contributed by atoms with E-state index in [1.807, 2.05) is 0 Å². The van der Waals surface area contributed by atoms with Crippen LogP contribution in [0.15, 0.2) is 36.5 Å². The predicted molar refractivity (Wildman–Crippen MR) is 301 cm³/mol. The Balaban J connectivity index is 4.56. The Morgan fingerprint density at radius 2 is 0.739 bits per heavy atom. The zero-order valence-electron chi connectivity index (χ0n) is 46.5. The second-order valence-electron chi connectivity index (χ2n) is 21.2. The number of ether oxygens (including phenoxy) is 1. The van der Waals surface area contributed by atoms with Crippen molar-refractivity contribution in [2.75, 3.05) is 6.61 Å². The number of allylic oxidation sites excluding steroid dienone is 6. The molecule has 0 bridgehead atoms. The van der Waals surface area contributed by atoms with Gasteiger partial charge in [0.05, 0.1) is 25.2 Å². The second kappa shape index (κ2) is 57.0. The smallest absolute Gasteiger partial charge is 0.306 e. The highest BCUT2D eigenvalue weighted by molar-refractivity contribution is 5.77. The molecule has 0 aliphatic heterocycles. The quantitative estimate of drug-likeness (QED) is 0.0321. The molecule has 6 heteroatoms. The maximum absolute atomic E-state index is 13.3. The lowest BCUT2D eigenvalue weighted by Gasteiger charge is -2.24. The number of amides is 1. The normalized spacial score (nSPS) is 13.3. The molecule has 0 aromatic carbocycles. The van der Waals surface area contributed by atoms with Gasteiger partial charge < -0.3 is 20.3 Å². The number of nitrogens with one attached hydrogen (secondary N) is 1. The summed E-state index contributed by atoms with van der Waals surface area (Å²) in [7, 11) is 0. The van der Waals surface area contributed by atoms with E-state index in [0.29, 0.717) is 19.3 Å². The molecule has 1 amide bonds. The van der Waals surface area contributed by atoms with Crippen molar-refractivity contribution in [1.82, 2.24) is 5.32 Å². The van der Waals surface area contributed by atoms with Crippen molar-refractivity contribution in [3.63, 3.8) is 0 Å². The highest BCUT2D eigenvalue weighted by Crippen LogP contribution is 2.19. The first-order valence-corrected chi connectivity index (χ1v) is 30.7. The van der Waals surface area contributed by atoms with Crippen molar-refractivity contribution >= 4 is 11.9 Å². The van der Waals surface area contributed by atoms with E-state index >= 15 is 0 Å². The van der Waals surface area contributed by atoms with E-state index in [2.05, 4.69) is 62.5 Å². The molecule has 406 valence electrons. The summed E-state index contributed by atoms with van der Waals surface area (Å²) in [6.45, 7) is 6.51. The van der Waals surface area contributed by atoms with Gasteiger partial charge in [-0.15, -0.1) is 0 Å². The number of carbonyl (C=O) groups excluding carboxylic acids is 2. The lowest BCUT2D eigenvalue weighted by Crippen LogP contribution is -2.46. The van der Waals surface area contributed by atoms with Crippen LogP contribution in [0.1, 0.15) is 329 Å². The van der Waals surface area contributed by atoms with E-state index in [-0.39, 0.29) is 24.9 Å². The van der Waals surface area contributed by atoms with Crippen LogP contribution in [0.5, 0.6) is 0 Å². The van der Waals surface area contributed by atoms with Crippen LogP contribution in [0.25, 0.3) is 0 Å². The average molecular weight is 971 g/mol. The summed E-state index contributed by atoms with van der Waals surface area (Å²) in [6.07, 6.45) is 69.3. The summed E-state index contributed by atoms with van der Waals surface area (Å²) >= 11 is 0. The molecule has 0 rings (SSSR count). The maximum atomic E-state index is 13.3. The summed E-state index contributed by atoms with van der Waals surface area (Å²) in [5.41, 5.74) is 0. The SMILES string of the molecule is CCCCCCC/C=C/C=C/C=C/CCCCCC(CC(=O)NC(CO)C(O)CCCCCCCCCCCCCCCCCC)OC(=O)CCCCCCCCCCCCCCCCCCCC. The Morgan fingerprint density at radius 3 is 1.12 bits per heavy atom. The second-order valence-corrected chi connectivity index (χ2v) is 21.2. The summed E-state index contributed by atoms with van der Waals surface area (Å²) in [4.78, 5) is 26.3. The van der Waals surface area contributed by atoms with Gasteiger partial charge in [-0.25, -0.2) is 0 Å². The summed E-state index contributed by atoms with van der Waals surface area (Å²) in [5.74, 6) is -0.488. The van der Waals surface area contributed by atoms with Gasteiger partial charge in [-0.2, -0.15) is 0 Å². The molecule has 0 aliphatic rings. The predicted octanol–water partition coefficient (Wildman–Crippen LogP) is 19.2. The van der Waals surface area contributed by atoms with Gasteiger partial charge in [-0.05, 0) is 51.4 Å². The van der Waals surface area contributed by atoms with Crippen LogP contribution in [-0.4, -0.2) is 46.9 Å². The molecular formula is C63H119NO5. The van der Waals surface area contributed by atoms with Crippen molar-refractivity contribution in [3.8, 4) is 0 Å². The highest BCUT2D eigenvalue weighted by Gasteiger charge is 2.24. The van der Waals surface area contributed by atoms with Crippen LogP contribution >= 0.6 is 0 Å². The van der Waals surface area contributed by atoms with E-state index in [1.54, 1.807) is 0 Å². The van der Waals surface area contributed by atoms with E-state index < -0.39 is 18.2 Å². The molecule has 0 radical (unpaired) electrons. The minimum atomic E-state index is -0.796. The number of esters is 1. The third-order valence-electron chi connectivity index (χ3n) is 14.3. The lowest BCUT2D eigenvalue weighted by molar-refractivity contribution is -0.151. The van der Waals surface area contributed by atoms with Crippen molar-refractivity contribution < 1.29 is 24.5 Å². The van der Waals surface area contributed by atoms with Crippen LogP contribution in [-0.2, 0) is 14.3 Å². The molecule has 3 N–H and O–H groups in total. The van der Waals surface area contributed by atoms with Gasteiger partial charge in [0.25, 0.3) is 0 Å². The van der Waals surface area contributed by atoms with Gasteiger partial charge in [0.15, 0.2) is 0 Å². The van der Waals surface area contributed by atoms with Gasteiger partial charge >= 0.3 is 5.97 Å². The first-order chi connectivity index (χ1) is 34.0. The fourth-order valence-corrected chi connectivity index (χ4v) is 9.61. The number of rotatable bonds is 56. The molecule has 0 aliphatic carbocycles. The molecule has 6 nitrogen and oxygen atoms in total. The fraction of sp³-hybridized carbons (Fsp3) is 0.873. The third kappa shape index (κ3) is 52.2. The van der Waals surface area contributed by atoms with Gasteiger partial charge in [-0.1, -0.05) is 301 Å². The zero-order chi connectivity index (χ0) is 50.2. The van der Waals surface area contributed by atoms with Crippen LogP contribution < -0.4 is 5.32 Å². The zero-order valence-corrected chi connectivity index (χ0v) is 46.5. The van der Waals surface area contributed by atoms with E-state index in [0.717, 1.165) is 70.6 Å². The van der Waals surface area contributed by atoms with Gasteiger partial charge in [-0.3, -0.25) is 9.59 Å². The Kier molecular flexibility index (Phi) is 55.4. The molecule has 0 heterocycles. The standard InChI is InChI=1S/C63H119NO5/c1-4-7-10-13-16-19-22-25-28-31-32-35-38-41-44-47-50-53-56-63(68)69-59(54-51-48-45-42-39-36-33-29-26-23-20-17-14-11-8-5-2)57-62(67)64-60(58-65)61(66)55-52-49-46-43-40-37-34-30-27-24-21-18-15-12-9-6-3/h23,26,29,33,36,39,59-61,65-66H,4-22,24-25,27-28,30-32,34-35,37-38,40-58H2,1-3H3,(H,64,67)/b26-23+,33-29+,39-36+. The minimum Gasteiger partial charge on any atom is -0.462 e. The van der Waals surface area contributed by atoms with Gasteiger partial charge in [0.1, 0.15) is 6.10 Å². The van der Waals surface area contributed by atoms with Crippen molar-refractivity contribution in [2.45, 2.75) is 347 Å². The number of aliphatic hydroxyl groups is 2. The highest BCUT2D eigenvalue weighted by atomic mass is 16.5. The number of hydrogen-bond donors (Lipinski definition) is 3. The van der Waals surface area contributed by atoms with E-state index in [9.17, 15) is 19.8 Å². The third-order valence-corrected chi connectivity index (χ3v) is 14.3. The molecule has 0 saturated carbocycles. The fourth-order valence-electron chi connectivity index (χ4n) is 9.61. The maximum Gasteiger partial charge on any atom is 0.306 e. The summed E-state index contributed by atoms with van der Waals surface area (Å²) < 4.78 is 5.96. The molecule has 0 aromatic heterocycles. The minimum absolute atomic E-state index is 0.0596. The Hall–Kier alpha value is -1.92. The number of hydrogen-bond acceptors (Lipinski definition) is 5. The molecule has 0 spiro atoms. The van der Waals surface area contributed by atoms with Crippen LogP contribution in [0, 0.1) is 0 Å². The molecule has 0 fully saturated rings. The monoisotopic (exact) mass is 970 g/mol. The Bertz CT molecular complexity index is 1130. The molecule has 69 heavy (non-hydrogen) atoms. The molecule has 3 atom stereocenters. The van der Waals surface area contributed by atoms with Crippen LogP contribution in [0.4, 0.5) is 0 Å². The van der Waals surface area contributed by atoms with Gasteiger partial charge in [0.2, 0.25) is 5.91 Å². The Morgan fingerprint density at radius 1 is 0.420 bits per heavy atom. The topological polar surface area (TPSA) is 95.9 Å². The van der Waals surface area contributed by atoms with Crippen LogP contribution in [0.3, 0.4) is 0 Å².